The second-order valence-corrected chi connectivity index (χ2v) is 3.02. The van der Waals surface area contributed by atoms with E-state index in [-0.39, 0.29) is 0 Å². The number of aliphatic hydroxyl groups excluding tert-OH is 1. The summed E-state index contributed by atoms with van der Waals surface area (Å²) in [6.45, 7) is 0.487. The zero-order chi connectivity index (χ0) is 9.42. The molecule has 1 N–H and O–H groups in total. The molecular formula is C7H9NO5. The molecule has 0 spiro atoms. The highest BCUT2D eigenvalue weighted by molar-refractivity contribution is 6.29. The lowest BCUT2D eigenvalue weighted by Crippen LogP contribution is -2.56. The van der Waals surface area contributed by atoms with Gasteiger partial charge in [-0.15, -0.1) is 0 Å². The zero-order valence-electron chi connectivity index (χ0n) is 6.80. The fraction of sp³-hybridized carbons (Fsp3) is 0.714. The third kappa shape index (κ3) is 1.38. The minimum Gasteiger partial charge on any atom is -0.432 e. The Hall–Kier alpha value is -1.14. The number of hydrogen-bond donors (Lipinski definition) is 1. The maximum Gasteiger partial charge on any atom is 0.436 e. The van der Waals surface area contributed by atoms with Crippen LogP contribution < -0.4 is 0 Å². The Bertz CT molecular complexity index is 253. The van der Waals surface area contributed by atoms with Crippen LogP contribution in [0.2, 0.25) is 0 Å². The second kappa shape index (κ2) is 2.97. The Morgan fingerprint density at radius 3 is 2.92 bits per heavy atom. The summed E-state index contributed by atoms with van der Waals surface area (Å²) in [4.78, 5) is 26.1. The van der Waals surface area contributed by atoms with Gasteiger partial charge in [-0.3, -0.25) is 0 Å². The summed E-state index contributed by atoms with van der Waals surface area (Å²) >= 11 is 0. The highest BCUT2D eigenvalue weighted by Gasteiger charge is 2.42. The molecule has 2 aliphatic rings. The molecule has 0 aromatic carbocycles. The van der Waals surface area contributed by atoms with E-state index in [2.05, 4.69) is 9.57 Å². The molecule has 2 heterocycles. The number of ether oxygens (including phenoxy) is 1. The minimum atomic E-state index is -1.04. The van der Waals surface area contributed by atoms with Crippen molar-refractivity contribution in [3.8, 4) is 0 Å². The summed E-state index contributed by atoms with van der Waals surface area (Å²) in [5.74, 6) is -2.06. The van der Waals surface area contributed by atoms with Crippen molar-refractivity contribution >= 4 is 11.9 Å². The minimum absolute atomic E-state index is 0.487. The largest absolute Gasteiger partial charge is 0.436 e. The van der Waals surface area contributed by atoms with Crippen molar-refractivity contribution in [3.63, 3.8) is 0 Å². The molecule has 72 valence electrons. The average molecular weight is 187 g/mol. The molecule has 13 heavy (non-hydrogen) atoms. The van der Waals surface area contributed by atoms with E-state index >= 15 is 0 Å². The van der Waals surface area contributed by atoms with Crippen molar-refractivity contribution < 1.29 is 24.3 Å². The van der Waals surface area contributed by atoms with Crippen molar-refractivity contribution in [1.82, 2.24) is 5.06 Å². The molecule has 0 saturated carbocycles. The highest BCUT2D eigenvalue weighted by Crippen LogP contribution is 2.22. The van der Waals surface area contributed by atoms with Gasteiger partial charge in [-0.25, -0.2) is 9.59 Å². The first-order valence-electron chi connectivity index (χ1n) is 4.06. The number of carbonyl (C=O) groups is 2. The van der Waals surface area contributed by atoms with Gasteiger partial charge >= 0.3 is 11.9 Å². The number of rotatable bonds is 0. The highest BCUT2D eigenvalue weighted by atomic mass is 16.8. The van der Waals surface area contributed by atoms with Gasteiger partial charge in [-0.2, -0.15) is 0 Å². The summed E-state index contributed by atoms with van der Waals surface area (Å²) in [7, 11) is 0. The van der Waals surface area contributed by atoms with Crippen LogP contribution in [0.5, 0.6) is 0 Å². The fourth-order valence-electron chi connectivity index (χ4n) is 1.45. The Balaban J connectivity index is 2.12. The van der Waals surface area contributed by atoms with Crippen molar-refractivity contribution in [1.29, 1.82) is 0 Å². The summed E-state index contributed by atoms with van der Waals surface area (Å²) in [6.07, 6.45) is -0.334. The van der Waals surface area contributed by atoms with Gasteiger partial charge in [0, 0.05) is 6.54 Å². The van der Waals surface area contributed by atoms with Crippen LogP contribution in [0.3, 0.4) is 0 Å². The number of nitrogens with zero attached hydrogens (tertiary/aromatic N) is 1. The van der Waals surface area contributed by atoms with Crippen molar-refractivity contribution in [2.24, 2.45) is 0 Å². The van der Waals surface area contributed by atoms with Crippen LogP contribution in [0.25, 0.3) is 0 Å². The number of hydrogen-bond acceptors (Lipinski definition) is 6. The maximum absolute atomic E-state index is 10.8. The summed E-state index contributed by atoms with van der Waals surface area (Å²) in [5, 5.41) is 10.6. The van der Waals surface area contributed by atoms with Gasteiger partial charge in [0.1, 0.15) is 6.10 Å². The normalized spacial score (nSPS) is 34.8. The number of piperidine rings is 1. The fourth-order valence-corrected chi connectivity index (χ4v) is 1.45. The molecular weight excluding hydrogens is 178 g/mol. The summed E-state index contributed by atoms with van der Waals surface area (Å²) < 4.78 is 4.68. The lowest BCUT2D eigenvalue weighted by molar-refractivity contribution is -0.291. The van der Waals surface area contributed by atoms with E-state index in [0.717, 1.165) is 0 Å². The van der Waals surface area contributed by atoms with Gasteiger partial charge in [0.15, 0.2) is 0 Å². The lowest BCUT2D eigenvalue weighted by atomic mass is 10.1. The predicted octanol–water partition coefficient (Wildman–Crippen LogP) is -1.22. The molecule has 0 aromatic heterocycles. The number of esters is 1. The molecule has 2 saturated heterocycles. The van der Waals surface area contributed by atoms with E-state index in [9.17, 15) is 14.7 Å². The Morgan fingerprint density at radius 2 is 2.15 bits per heavy atom. The van der Waals surface area contributed by atoms with Gasteiger partial charge in [-0.05, 0) is 12.8 Å². The van der Waals surface area contributed by atoms with E-state index < -0.39 is 24.3 Å². The molecule has 0 bridgehead atoms. The second-order valence-electron chi connectivity index (χ2n) is 3.02. The van der Waals surface area contributed by atoms with Gasteiger partial charge in [-0.1, -0.05) is 5.06 Å². The Morgan fingerprint density at radius 1 is 1.38 bits per heavy atom. The van der Waals surface area contributed by atoms with Crippen LogP contribution in [0.4, 0.5) is 0 Å². The van der Waals surface area contributed by atoms with Crippen LogP contribution in [-0.4, -0.2) is 41.0 Å². The van der Waals surface area contributed by atoms with Crippen LogP contribution in [-0.2, 0) is 19.2 Å². The first kappa shape index (κ1) is 8.46. The van der Waals surface area contributed by atoms with Crippen LogP contribution >= 0.6 is 0 Å². The molecule has 6 heteroatoms. The first-order valence-corrected chi connectivity index (χ1v) is 4.06. The van der Waals surface area contributed by atoms with Crippen molar-refractivity contribution in [3.05, 3.63) is 0 Å². The third-order valence-corrected chi connectivity index (χ3v) is 2.09. The molecule has 2 unspecified atom stereocenters. The molecule has 2 aliphatic heterocycles. The van der Waals surface area contributed by atoms with Gasteiger partial charge in [0.05, 0.1) is 0 Å². The molecule has 6 nitrogen and oxygen atoms in total. The maximum atomic E-state index is 10.8. The molecule has 0 radical (unpaired) electrons. The van der Waals surface area contributed by atoms with Gasteiger partial charge in [0.25, 0.3) is 0 Å². The molecule has 2 atom stereocenters. The Labute approximate surface area is 74.0 Å². The van der Waals surface area contributed by atoms with Crippen LogP contribution in [0.15, 0.2) is 0 Å². The average Bonchev–Trinajstić information content (AvgIpc) is 2.09. The predicted molar refractivity (Wildman–Crippen MR) is 37.9 cm³/mol. The van der Waals surface area contributed by atoms with Crippen LogP contribution in [0.1, 0.15) is 12.8 Å². The van der Waals surface area contributed by atoms with E-state index in [1.165, 1.54) is 5.06 Å². The number of fused-ring (bicyclic) bond motifs is 1. The van der Waals surface area contributed by atoms with E-state index in [0.29, 0.717) is 19.4 Å². The summed E-state index contributed by atoms with van der Waals surface area (Å²) in [6, 6.07) is 0. The molecule has 0 aromatic rings. The quantitative estimate of drug-likeness (QED) is 0.378. The molecule has 0 aliphatic carbocycles. The van der Waals surface area contributed by atoms with E-state index in [1.54, 1.807) is 0 Å². The lowest BCUT2D eigenvalue weighted by Gasteiger charge is -2.38. The first-order chi connectivity index (χ1) is 6.18. The van der Waals surface area contributed by atoms with Crippen molar-refractivity contribution in [2.75, 3.05) is 6.54 Å². The smallest absolute Gasteiger partial charge is 0.432 e. The topological polar surface area (TPSA) is 76.1 Å². The number of hydroxylamine groups is 2. The van der Waals surface area contributed by atoms with Gasteiger partial charge < -0.3 is 14.7 Å². The SMILES string of the molecule is O=C1OC2C(O)CCCN2OC1=O. The molecule has 2 rings (SSSR count). The van der Waals surface area contributed by atoms with E-state index in [1.807, 2.05) is 0 Å². The summed E-state index contributed by atoms with van der Waals surface area (Å²) in [5.41, 5.74) is 0. The Kier molecular flexibility index (Phi) is 1.93. The van der Waals surface area contributed by atoms with Crippen molar-refractivity contribution in [2.45, 2.75) is 25.2 Å². The standard InChI is InChI=1S/C7H9NO5/c9-4-2-1-3-8-5(4)12-6(10)7(11)13-8/h4-5,9H,1-3H2. The number of aliphatic hydroxyl groups is 1. The van der Waals surface area contributed by atoms with Gasteiger partial charge in [0.2, 0.25) is 6.23 Å². The zero-order valence-corrected chi connectivity index (χ0v) is 6.80. The molecule has 0 amide bonds. The van der Waals surface area contributed by atoms with E-state index in [4.69, 9.17) is 0 Å². The molecule has 2 fully saturated rings. The monoisotopic (exact) mass is 187 g/mol. The third-order valence-electron chi connectivity index (χ3n) is 2.09. The van der Waals surface area contributed by atoms with Crippen LogP contribution in [0, 0.1) is 0 Å². The number of carbonyl (C=O) groups excluding carboxylic acids is 2.